The molecule has 0 radical (unpaired) electrons. The molecule has 0 aliphatic heterocycles. The summed E-state index contributed by atoms with van der Waals surface area (Å²) in [5.74, 6) is 0. The van der Waals surface area contributed by atoms with Gasteiger partial charge < -0.3 is 0 Å². The van der Waals surface area contributed by atoms with Gasteiger partial charge in [-0.15, -0.1) is 0 Å². The molecule has 0 saturated heterocycles. The van der Waals surface area contributed by atoms with Crippen LogP contribution in [-0.2, 0) is 0 Å². The second kappa shape index (κ2) is 6.33. The fourth-order valence-corrected chi connectivity index (χ4v) is 4.75. The van der Waals surface area contributed by atoms with E-state index < -0.39 is 0 Å². The van der Waals surface area contributed by atoms with E-state index in [1.807, 2.05) is 24.5 Å². The van der Waals surface area contributed by atoms with E-state index in [4.69, 9.17) is 4.98 Å². The molecule has 0 fully saturated rings. The molecule has 3 heteroatoms. The van der Waals surface area contributed by atoms with Crippen LogP contribution in [0.3, 0.4) is 0 Å². The van der Waals surface area contributed by atoms with Crippen LogP contribution in [0.4, 0.5) is 0 Å². The van der Waals surface area contributed by atoms with Gasteiger partial charge in [-0.2, -0.15) is 0 Å². The normalized spacial score (nSPS) is 10.8. The summed E-state index contributed by atoms with van der Waals surface area (Å²) in [4.78, 5) is 9.39. The predicted octanol–water partition coefficient (Wildman–Crippen LogP) is 2.95. The molecule has 0 unspecified atom stereocenters. The molecule has 110 valence electrons. The van der Waals surface area contributed by atoms with E-state index in [1.165, 1.54) is 8.92 Å². The number of hydrogen-bond acceptors (Lipinski definition) is 2. The maximum absolute atomic E-state index is 4.75. The second-order valence-corrected chi connectivity index (χ2v) is 7.43. The Morgan fingerprint density at radius 3 is 2.22 bits per heavy atom. The SMILES string of the molecule is c1ccc([Se]c2c(-c3ccccc3)ncc3cccnc23)cc1. The molecule has 4 rings (SSSR count). The average Bonchev–Trinajstić information content (AvgIpc) is 2.64. The molecule has 2 heterocycles. The molecular weight excluding hydrogens is 347 g/mol. The molecule has 0 saturated carbocycles. The Balaban J connectivity index is 1.94. The minimum atomic E-state index is 0.160. The van der Waals surface area contributed by atoms with Gasteiger partial charge in [0.25, 0.3) is 0 Å². The van der Waals surface area contributed by atoms with Crippen molar-refractivity contribution in [3.8, 4) is 11.3 Å². The van der Waals surface area contributed by atoms with Crippen molar-refractivity contribution in [2.75, 3.05) is 0 Å². The van der Waals surface area contributed by atoms with Gasteiger partial charge in [0.05, 0.1) is 0 Å². The first-order chi connectivity index (χ1) is 11.4. The van der Waals surface area contributed by atoms with Crippen LogP contribution in [-0.4, -0.2) is 24.9 Å². The summed E-state index contributed by atoms with van der Waals surface area (Å²) >= 11 is 0.160. The van der Waals surface area contributed by atoms with E-state index >= 15 is 0 Å². The van der Waals surface area contributed by atoms with Gasteiger partial charge in [0.15, 0.2) is 0 Å². The monoisotopic (exact) mass is 362 g/mol. The number of pyridine rings is 2. The molecule has 0 aliphatic rings. The molecule has 2 aromatic carbocycles. The molecular formula is C20H14N2Se. The molecule has 4 aromatic rings. The first kappa shape index (κ1) is 14.1. The molecule has 0 aliphatic carbocycles. The topological polar surface area (TPSA) is 25.8 Å². The average molecular weight is 361 g/mol. The molecule has 0 bridgehead atoms. The Morgan fingerprint density at radius 2 is 1.43 bits per heavy atom. The van der Waals surface area contributed by atoms with Crippen LogP contribution >= 0.6 is 0 Å². The summed E-state index contributed by atoms with van der Waals surface area (Å²) in [5.41, 5.74) is 3.25. The Labute approximate surface area is 141 Å². The fraction of sp³-hybridized carbons (Fsp3) is 0. The Morgan fingerprint density at radius 1 is 0.696 bits per heavy atom. The quantitative estimate of drug-likeness (QED) is 0.525. The summed E-state index contributed by atoms with van der Waals surface area (Å²) in [6.45, 7) is 0. The maximum atomic E-state index is 4.75. The summed E-state index contributed by atoms with van der Waals surface area (Å²) in [6.07, 6.45) is 3.79. The van der Waals surface area contributed by atoms with E-state index in [0.717, 1.165) is 22.2 Å². The second-order valence-electron chi connectivity index (χ2n) is 5.16. The Hall–Kier alpha value is -2.48. The summed E-state index contributed by atoms with van der Waals surface area (Å²) < 4.78 is 2.57. The van der Waals surface area contributed by atoms with Gasteiger partial charge in [0, 0.05) is 0 Å². The molecule has 0 atom stereocenters. The van der Waals surface area contributed by atoms with Crippen molar-refractivity contribution in [3.05, 3.63) is 85.2 Å². The van der Waals surface area contributed by atoms with Gasteiger partial charge in [0.2, 0.25) is 0 Å². The van der Waals surface area contributed by atoms with Crippen LogP contribution in [0.15, 0.2) is 85.2 Å². The van der Waals surface area contributed by atoms with Crippen molar-refractivity contribution >= 4 is 34.8 Å². The number of rotatable bonds is 3. The van der Waals surface area contributed by atoms with Gasteiger partial charge in [-0.3, -0.25) is 0 Å². The summed E-state index contributed by atoms with van der Waals surface area (Å²) in [5, 5.41) is 1.10. The summed E-state index contributed by atoms with van der Waals surface area (Å²) in [7, 11) is 0. The van der Waals surface area contributed by atoms with Crippen LogP contribution in [0.5, 0.6) is 0 Å². The van der Waals surface area contributed by atoms with Crippen molar-refractivity contribution in [1.82, 2.24) is 9.97 Å². The van der Waals surface area contributed by atoms with E-state index in [1.54, 1.807) is 0 Å². The zero-order valence-corrected chi connectivity index (χ0v) is 14.1. The van der Waals surface area contributed by atoms with Crippen LogP contribution < -0.4 is 8.92 Å². The third-order valence-corrected chi connectivity index (χ3v) is 5.92. The van der Waals surface area contributed by atoms with Crippen molar-refractivity contribution in [2.24, 2.45) is 0 Å². The third-order valence-electron chi connectivity index (χ3n) is 3.61. The molecule has 2 nitrogen and oxygen atoms in total. The van der Waals surface area contributed by atoms with E-state index in [0.29, 0.717) is 0 Å². The van der Waals surface area contributed by atoms with Crippen LogP contribution in [0.1, 0.15) is 0 Å². The molecule has 0 N–H and O–H groups in total. The van der Waals surface area contributed by atoms with Gasteiger partial charge in [-0.25, -0.2) is 0 Å². The van der Waals surface area contributed by atoms with E-state index in [9.17, 15) is 0 Å². The third kappa shape index (κ3) is 2.89. The Kier molecular flexibility index (Phi) is 3.89. The fourth-order valence-electron chi connectivity index (χ4n) is 2.52. The van der Waals surface area contributed by atoms with Gasteiger partial charge in [-0.05, 0) is 0 Å². The first-order valence-corrected chi connectivity index (χ1v) is 9.15. The van der Waals surface area contributed by atoms with Gasteiger partial charge in [0.1, 0.15) is 0 Å². The molecule has 0 spiro atoms. The molecule has 2 aromatic heterocycles. The van der Waals surface area contributed by atoms with Gasteiger partial charge in [-0.1, -0.05) is 0 Å². The standard InChI is InChI=1S/C20H14N2Se/c1-3-8-15(9-4-1)18-20(23-17-11-5-2-6-12-17)19-16(14-22-18)10-7-13-21-19/h1-14H. The van der Waals surface area contributed by atoms with Crippen molar-refractivity contribution in [3.63, 3.8) is 0 Å². The summed E-state index contributed by atoms with van der Waals surface area (Å²) in [6, 6.07) is 25.0. The van der Waals surface area contributed by atoms with Crippen LogP contribution in [0.2, 0.25) is 0 Å². The van der Waals surface area contributed by atoms with Crippen molar-refractivity contribution in [2.45, 2.75) is 0 Å². The van der Waals surface area contributed by atoms with Crippen molar-refractivity contribution < 1.29 is 0 Å². The number of fused-ring (bicyclic) bond motifs is 1. The van der Waals surface area contributed by atoms with E-state index in [2.05, 4.69) is 65.6 Å². The minimum absolute atomic E-state index is 0.160. The Bertz CT molecular complexity index is 937. The number of hydrogen-bond donors (Lipinski definition) is 0. The predicted molar refractivity (Wildman–Crippen MR) is 96.4 cm³/mol. The number of nitrogens with zero attached hydrogens (tertiary/aromatic N) is 2. The number of benzene rings is 2. The van der Waals surface area contributed by atoms with Gasteiger partial charge >= 0.3 is 141 Å². The number of aromatic nitrogens is 2. The molecule has 0 amide bonds. The molecule has 23 heavy (non-hydrogen) atoms. The first-order valence-electron chi connectivity index (χ1n) is 7.44. The van der Waals surface area contributed by atoms with Crippen LogP contribution in [0, 0.1) is 0 Å². The van der Waals surface area contributed by atoms with Crippen molar-refractivity contribution in [1.29, 1.82) is 0 Å². The van der Waals surface area contributed by atoms with E-state index in [-0.39, 0.29) is 15.0 Å². The van der Waals surface area contributed by atoms with Crippen LogP contribution in [0.25, 0.3) is 22.2 Å². The zero-order valence-electron chi connectivity index (χ0n) is 12.4. The zero-order chi connectivity index (χ0) is 15.5.